The first-order valence-electron chi connectivity index (χ1n) is 3.80. The molecule has 1 aromatic heterocycles. The van der Waals surface area contributed by atoms with Crippen molar-refractivity contribution in [2.45, 2.75) is 5.44 Å². The summed E-state index contributed by atoms with van der Waals surface area (Å²) in [4.78, 5) is 16.8. The first kappa shape index (κ1) is 8.52. The average Bonchev–Trinajstić information content (AvgIpc) is 2.49. The van der Waals surface area contributed by atoms with E-state index in [2.05, 4.69) is 4.98 Å². The number of rotatable bonds is 1. The average molecular weight is 196 g/mol. The fraction of sp³-hybridized carbons (Fsp3) is 0.250. The van der Waals surface area contributed by atoms with Gasteiger partial charge in [0.25, 0.3) is 5.91 Å². The van der Waals surface area contributed by atoms with E-state index < -0.39 is 5.44 Å². The highest BCUT2D eigenvalue weighted by Gasteiger charge is 2.31. The number of thioether (sulfide) groups is 1. The Hall–Kier alpha value is -1.07. The molecular weight excluding hydrogens is 188 g/mol. The van der Waals surface area contributed by atoms with Gasteiger partial charge in [0, 0.05) is 6.20 Å². The predicted molar refractivity (Wildman–Crippen MR) is 50.2 cm³/mol. The molecule has 1 atom stereocenters. The van der Waals surface area contributed by atoms with Crippen molar-refractivity contribution in [2.24, 2.45) is 0 Å². The molecule has 68 valence electrons. The van der Waals surface area contributed by atoms with Crippen LogP contribution in [-0.2, 0) is 4.79 Å². The molecule has 0 spiro atoms. The van der Waals surface area contributed by atoms with Gasteiger partial charge in [0.15, 0.2) is 5.44 Å². The Morgan fingerprint density at radius 2 is 2.54 bits per heavy atom. The molecule has 0 unspecified atom stereocenters. The molecule has 2 heterocycles. The highest BCUT2D eigenvalue weighted by Crippen LogP contribution is 2.26. The normalized spacial score (nSPS) is 22.4. The Bertz CT molecular complexity index is 317. The third-order valence-corrected chi connectivity index (χ3v) is 2.72. The second kappa shape index (κ2) is 3.35. The summed E-state index contributed by atoms with van der Waals surface area (Å²) in [6, 6.07) is 3.56. The lowest BCUT2D eigenvalue weighted by Crippen LogP contribution is -2.28. The summed E-state index contributed by atoms with van der Waals surface area (Å²) in [5.74, 6) is 0.226. The van der Waals surface area contributed by atoms with E-state index in [1.165, 1.54) is 16.7 Å². The zero-order chi connectivity index (χ0) is 9.26. The Kier molecular flexibility index (Phi) is 2.20. The van der Waals surface area contributed by atoms with Gasteiger partial charge in [0.2, 0.25) is 0 Å². The molecule has 0 aromatic carbocycles. The van der Waals surface area contributed by atoms with Crippen LogP contribution in [-0.4, -0.2) is 27.3 Å². The minimum Gasteiger partial charge on any atom is -0.373 e. The van der Waals surface area contributed by atoms with Gasteiger partial charge in [-0.3, -0.25) is 14.7 Å². The van der Waals surface area contributed by atoms with Crippen molar-refractivity contribution >= 4 is 23.4 Å². The number of nitrogens with zero attached hydrogens (tertiary/aromatic N) is 2. The number of anilines is 1. The Morgan fingerprint density at radius 1 is 1.69 bits per heavy atom. The third kappa shape index (κ3) is 1.52. The number of pyridine rings is 1. The SMILES string of the molecule is O=C1[C@H](O)SCN1c1cccnc1. The van der Waals surface area contributed by atoms with Gasteiger partial charge >= 0.3 is 0 Å². The summed E-state index contributed by atoms with van der Waals surface area (Å²) in [6.07, 6.45) is 3.25. The number of aromatic nitrogens is 1. The summed E-state index contributed by atoms with van der Waals surface area (Å²) in [5.41, 5.74) is -0.184. The monoisotopic (exact) mass is 196 g/mol. The molecule has 0 bridgehead atoms. The largest absolute Gasteiger partial charge is 0.373 e. The molecule has 1 fully saturated rings. The van der Waals surface area contributed by atoms with Gasteiger partial charge in [0.05, 0.1) is 17.8 Å². The molecular formula is C8H8N2O2S. The molecule has 1 amide bonds. The highest BCUT2D eigenvalue weighted by atomic mass is 32.2. The highest BCUT2D eigenvalue weighted by molar-refractivity contribution is 8.01. The molecule has 0 aliphatic carbocycles. The fourth-order valence-electron chi connectivity index (χ4n) is 1.13. The standard InChI is InChI=1S/C8H8N2O2S/c11-7-8(12)13-5-10(7)6-2-1-3-9-4-6/h1-4,8,12H,5H2/t8-/m1/s1. The minimum absolute atomic E-state index is 0.266. The molecule has 1 aliphatic heterocycles. The number of hydrogen-bond donors (Lipinski definition) is 1. The third-order valence-electron chi connectivity index (χ3n) is 1.80. The molecule has 1 aromatic rings. The van der Waals surface area contributed by atoms with E-state index in [1.807, 2.05) is 0 Å². The van der Waals surface area contributed by atoms with Crippen LogP contribution >= 0.6 is 11.8 Å². The Morgan fingerprint density at radius 3 is 3.08 bits per heavy atom. The van der Waals surface area contributed by atoms with E-state index in [0.29, 0.717) is 5.88 Å². The topological polar surface area (TPSA) is 53.4 Å². The zero-order valence-electron chi connectivity index (χ0n) is 6.75. The first-order chi connectivity index (χ1) is 6.29. The van der Waals surface area contributed by atoms with E-state index in [9.17, 15) is 9.90 Å². The molecule has 13 heavy (non-hydrogen) atoms. The van der Waals surface area contributed by atoms with Crippen molar-refractivity contribution < 1.29 is 9.90 Å². The lowest BCUT2D eigenvalue weighted by atomic mass is 10.4. The lowest BCUT2D eigenvalue weighted by molar-refractivity contribution is -0.121. The smallest absolute Gasteiger partial charge is 0.267 e. The van der Waals surface area contributed by atoms with Crippen LogP contribution in [0.15, 0.2) is 24.5 Å². The molecule has 4 nitrogen and oxygen atoms in total. The van der Waals surface area contributed by atoms with Crippen LogP contribution in [0.5, 0.6) is 0 Å². The van der Waals surface area contributed by atoms with Gasteiger partial charge in [0.1, 0.15) is 0 Å². The Balaban J connectivity index is 2.24. The Labute approximate surface area is 79.6 Å². The molecule has 2 rings (SSSR count). The van der Waals surface area contributed by atoms with E-state index in [4.69, 9.17) is 0 Å². The maximum absolute atomic E-state index is 11.3. The number of aliphatic hydroxyl groups is 1. The van der Waals surface area contributed by atoms with Crippen molar-refractivity contribution in [1.82, 2.24) is 4.98 Å². The summed E-state index contributed by atoms with van der Waals surface area (Å²) < 4.78 is 0. The van der Waals surface area contributed by atoms with Crippen LogP contribution in [0, 0.1) is 0 Å². The summed E-state index contributed by atoms with van der Waals surface area (Å²) >= 11 is 1.21. The second-order valence-corrected chi connectivity index (χ2v) is 3.66. The van der Waals surface area contributed by atoms with Gasteiger partial charge < -0.3 is 5.11 Å². The molecule has 0 radical (unpaired) electrons. The van der Waals surface area contributed by atoms with Crippen molar-refractivity contribution in [1.29, 1.82) is 0 Å². The number of aliphatic hydroxyl groups excluding tert-OH is 1. The number of hydrogen-bond acceptors (Lipinski definition) is 4. The summed E-state index contributed by atoms with van der Waals surface area (Å²) in [6.45, 7) is 0. The van der Waals surface area contributed by atoms with Crippen molar-refractivity contribution in [3.05, 3.63) is 24.5 Å². The van der Waals surface area contributed by atoms with Crippen LogP contribution in [0.3, 0.4) is 0 Å². The molecule has 0 saturated carbocycles. The van der Waals surface area contributed by atoms with Gasteiger partial charge in [-0.15, -0.1) is 0 Å². The van der Waals surface area contributed by atoms with Gasteiger partial charge in [-0.25, -0.2) is 0 Å². The molecule has 1 saturated heterocycles. The van der Waals surface area contributed by atoms with E-state index in [0.717, 1.165) is 5.69 Å². The maximum atomic E-state index is 11.3. The van der Waals surface area contributed by atoms with Crippen LogP contribution in [0.25, 0.3) is 0 Å². The van der Waals surface area contributed by atoms with Gasteiger partial charge in [-0.2, -0.15) is 0 Å². The van der Waals surface area contributed by atoms with Crippen molar-refractivity contribution in [3.63, 3.8) is 0 Å². The number of amides is 1. The van der Waals surface area contributed by atoms with Crippen LogP contribution in [0.1, 0.15) is 0 Å². The van der Waals surface area contributed by atoms with Crippen molar-refractivity contribution in [3.8, 4) is 0 Å². The van der Waals surface area contributed by atoms with Gasteiger partial charge in [-0.05, 0) is 12.1 Å². The maximum Gasteiger partial charge on any atom is 0.267 e. The van der Waals surface area contributed by atoms with E-state index >= 15 is 0 Å². The number of carbonyl (C=O) groups is 1. The fourth-order valence-corrected chi connectivity index (χ4v) is 1.96. The van der Waals surface area contributed by atoms with E-state index in [-0.39, 0.29) is 5.91 Å². The predicted octanol–water partition coefficient (Wildman–Crippen LogP) is 0.437. The first-order valence-corrected chi connectivity index (χ1v) is 4.85. The van der Waals surface area contributed by atoms with E-state index in [1.54, 1.807) is 24.5 Å². The zero-order valence-corrected chi connectivity index (χ0v) is 7.57. The number of carbonyl (C=O) groups excluding carboxylic acids is 1. The second-order valence-electron chi connectivity index (χ2n) is 2.63. The van der Waals surface area contributed by atoms with Gasteiger partial charge in [-0.1, -0.05) is 11.8 Å². The summed E-state index contributed by atoms with van der Waals surface area (Å²) in [7, 11) is 0. The van der Waals surface area contributed by atoms with Crippen LogP contribution in [0.4, 0.5) is 5.69 Å². The molecule has 1 aliphatic rings. The van der Waals surface area contributed by atoms with Crippen LogP contribution in [0.2, 0.25) is 0 Å². The summed E-state index contributed by atoms with van der Waals surface area (Å²) in [5, 5.41) is 9.18. The quantitative estimate of drug-likeness (QED) is 0.708. The molecule has 5 heteroatoms. The minimum atomic E-state index is -0.916. The van der Waals surface area contributed by atoms with Crippen molar-refractivity contribution in [2.75, 3.05) is 10.8 Å². The molecule has 1 N–H and O–H groups in total. The van der Waals surface area contributed by atoms with Crippen LogP contribution < -0.4 is 4.90 Å². The lowest BCUT2D eigenvalue weighted by Gasteiger charge is -2.13.